The Morgan fingerprint density at radius 3 is 2.87 bits per heavy atom. The van der Waals surface area contributed by atoms with Crippen LogP contribution in [0.15, 0.2) is 37.5 Å². The molecule has 0 fully saturated rings. The smallest absolute Gasteiger partial charge is 0.233 e. The second-order valence-electron chi connectivity index (χ2n) is 3.69. The third kappa shape index (κ3) is 2.18. The maximum atomic E-state index is 11.8. The van der Waals surface area contributed by atoms with Crippen LogP contribution in [0.1, 0.15) is 12.8 Å². The minimum absolute atomic E-state index is 0.140. The fourth-order valence-electron chi connectivity index (χ4n) is 1.83. The number of allylic oxidation sites excluding steroid dienone is 1. The first-order valence-corrected chi connectivity index (χ1v) is 5.03. The molecule has 15 heavy (non-hydrogen) atoms. The maximum absolute atomic E-state index is 11.8. The van der Waals surface area contributed by atoms with Gasteiger partial charge < -0.3 is 10.4 Å². The van der Waals surface area contributed by atoms with Crippen LogP contribution in [0, 0.1) is 5.41 Å². The van der Waals surface area contributed by atoms with Gasteiger partial charge in [0, 0.05) is 6.54 Å². The minimum atomic E-state index is -0.867. The summed E-state index contributed by atoms with van der Waals surface area (Å²) in [6.45, 7) is 7.72. The summed E-state index contributed by atoms with van der Waals surface area (Å²) in [5.74, 6) is -0.140. The van der Waals surface area contributed by atoms with Crippen molar-refractivity contribution in [3.05, 3.63) is 37.5 Å². The lowest BCUT2D eigenvalue weighted by molar-refractivity contribution is -0.134. The molecule has 0 aliphatic carbocycles. The van der Waals surface area contributed by atoms with E-state index in [4.69, 9.17) is 0 Å². The molecule has 0 bridgehead atoms. The van der Waals surface area contributed by atoms with Crippen LogP contribution in [0.3, 0.4) is 0 Å². The van der Waals surface area contributed by atoms with Crippen LogP contribution in [-0.4, -0.2) is 23.7 Å². The number of aliphatic hydroxyl groups excluding tert-OH is 1. The maximum Gasteiger partial charge on any atom is 0.233 e. The molecular weight excluding hydrogens is 190 g/mol. The highest BCUT2D eigenvalue weighted by Gasteiger charge is 2.42. The summed E-state index contributed by atoms with van der Waals surface area (Å²) >= 11 is 0. The highest BCUT2D eigenvalue weighted by atomic mass is 16.3. The Balaban J connectivity index is 2.99. The standard InChI is InChI=1S/C12H17NO2/c1-3-6-10(14)12(7-4-2)8-5-9-13-11(12)15/h3-5,8,10,14H,1-2,6-7,9H2,(H,13,15)/t10-,12-/m1/s1. The second kappa shape index (κ2) is 4.94. The van der Waals surface area contributed by atoms with Crippen LogP contribution in [0.2, 0.25) is 0 Å². The first-order valence-electron chi connectivity index (χ1n) is 5.03. The third-order valence-corrected chi connectivity index (χ3v) is 2.69. The van der Waals surface area contributed by atoms with E-state index < -0.39 is 11.5 Å². The van der Waals surface area contributed by atoms with E-state index in [1.807, 2.05) is 6.08 Å². The summed E-state index contributed by atoms with van der Waals surface area (Å²) in [5.41, 5.74) is -0.867. The SMILES string of the molecule is C=CC[C@@H](O)[C@@]1(CC=C)C=CCNC1=O. The summed E-state index contributed by atoms with van der Waals surface area (Å²) in [4.78, 5) is 11.8. The molecule has 0 aromatic heterocycles. The van der Waals surface area contributed by atoms with Gasteiger partial charge in [0.1, 0.15) is 0 Å². The van der Waals surface area contributed by atoms with Gasteiger partial charge in [-0.05, 0) is 12.8 Å². The van der Waals surface area contributed by atoms with E-state index >= 15 is 0 Å². The van der Waals surface area contributed by atoms with Crippen molar-refractivity contribution in [3.8, 4) is 0 Å². The van der Waals surface area contributed by atoms with Crippen molar-refractivity contribution in [2.75, 3.05) is 6.54 Å². The number of rotatable bonds is 5. The van der Waals surface area contributed by atoms with Crippen LogP contribution >= 0.6 is 0 Å². The van der Waals surface area contributed by atoms with Crippen molar-refractivity contribution in [2.45, 2.75) is 18.9 Å². The van der Waals surface area contributed by atoms with Crippen LogP contribution in [0.25, 0.3) is 0 Å². The molecule has 1 heterocycles. The van der Waals surface area contributed by atoms with Gasteiger partial charge in [-0.3, -0.25) is 4.79 Å². The van der Waals surface area contributed by atoms with E-state index in [0.717, 1.165) is 0 Å². The fraction of sp³-hybridized carbons (Fsp3) is 0.417. The molecule has 1 amide bonds. The van der Waals surface area contributed by atoms with E-state index in [1.54, 1.807) is 18.2 Å². The fourth-order valence-corrected chi connectivity index (χ4v) is 1.83. The zero-order chi connectivity index (χ0) is 11.3. The predicted octanol–water partition coefficient (Wildman–Crippen LogP) is 1.17. The van der Waals surface area contributed by atoms with Gasteiger partial charge in [-0.15, -0.1) is 13.2 Å². The van der Waals surface area contributed by atoms with Crippen molar-refractivity contribution in [3.63, 3.8) is 0 Å². The quantitative estimate of drug-likeness (QED) is 0.665. The van der Waals surface area contributed by atoms with Gasteiger partial charge in [-0.1, -0.05) is 24.3 Å². The topological polar surface area (TPSA) is 49.3 Å². The Morgan fingerprint density at radius 1 is 1.60 bits per heavy atom. The Labute approximate surface area is 90.2 Å². The first kappa shape index (κ1) is 11.7. The van der Waals surface area contributed by atoms with Crippen molar-refractivity contribution >= 4 is 5.91 Å². The third-order valence-electron chi connectivity index (χ3n) is 2.69. The monoisotopic (exact) mass is 207 g/mol. The molecule has 3 nitrogen and oxygen atoms in total. The molecule has 0 saturated heterocycles. The number of nitrogens with one attached hydrogen (secondary N) is 1. The molecule has 0 aromatic carbocycles. The molecule has 0 unspecified atom stereocenters. The average molecular weight is 207 g/mol. The summed E-state index contributed by atoms with van der Waals surface area (Å²) in [5, 5.41) is 12.7. The van der Waals surface area contributed by atoms with Gasteiger partial charge in [0.15, 0.2) is 0 Å². The Kier molecular flexibility index (Phi) is 3.86. The van der Waals surface area contributed by atoms with Crippen molar-refractivity contribution in [1.82, 2.24) is 5.32 Å². The lowest BCUT2D eigenvalue weighted by atomic mass is 9.75. The molecule has 2 N–H and O–H groups in total. The zero-order valence-electron chi connectivity index (χ0n) is 8.78. The molecule has 1 aliphatic rings. The molecule has 82 valence electrons. The molecule has 2 atom stereocenters. The number of carbonyl (C=O) groups excluding carboxylic acids is 1. The van der Waals surface area contributed by atoms with Gasteiger partial charge in [0.2, 0.25) is 5.91 Å². The van der Waals surface area contributed by atoms with Gasteiger partial charge in [0.05, 0.1) is 11.5 Å². The van der Waals surface area contributed by atoms with Crippen LogP contribution in [0.5, 0.6) is 0 Å². The van der Waals surface area contributed by atoms with E-state index in [1.165, 1.54) is 0 Å². The van der Waals surface area contributed by atoms with Crippen LogP contribution in [-0.2, 0) is 4.79 Å². The molecule has 0 spiro atoms. The summed E-state index contributed by atoms with van der Waals surface area (Å²) < 4.78 is 0. The first-order chi connectivity index (χ1) is 7.17. The lowest BCUT2D eigenvalue weighted by Gasteiger charge is -2.35. The molecule has 0 aromatic rings. The van der Waals surface area contributed by atoms with Crippen LogP contribution < -0.4 is 5.32 Å². The molecular formula is C12H17NO2. The van der Waals surface area contributed by atoms with Gasteiger partial charge in [-0.2, -0.15) is 0 Å². The normalized spacial score (nSPS) is 26.9. The van der Waals surface area contributed by atoms with E-state index in [0.29, 0.717) is 19.4 Å². The van der Waals surface area contributed by atoms with Crippen molar-refractivity contribution in [1.29, 1.82) is 0 Å². The number of amides is 1. The molecule has 0 radical (unpaired) electrons. The lowest BCUT2D eigenvalue weighted by Crippen LogP contribution is -2.49. The van der Waals surface area contributed by atoms with Gasteiger partial charge >= 0.3 is 0 Å². The minimum Gasteiger partial charge on any atom is -0.391 e. The number of hydrogen-bond donors (Lipinski definition) is 2. The Morgan fingerprint density at radius 2 is 2.33 bits per heavy atom. The van der Waals surface area contributed by atoms with E-state index in [9.17, 15) is 9.90 Å². The second-order valence-corrected chi connectivity index (χ2v) is 3.69. The van der Waals surface area contributed by atoms with Gasteiger partial charge in [-0.25, -0.2) is 0 Å². The number of hydrogen-bond acceptors (Lipinski definition) is 2. The molecule has 0 saturated carbocycles. The predicted molar refractivity (Wildman–Crippen MR) is 60.2 cm³/mol. The van der Waals surface area contributed by atoms with Crippen molar-refractivity contribution < 1.29 is 9.90 Å². The zero-order valence-corrected chi connectivity index (χ0v) is 8.78. The summed E-state index contributed by atoms with van der Waals surface area (Å²) in [6.07, 6.45) is 6.99. The summed E-state index contributed by atoms with van der Waals surface area (Å²) in [6, 6.07) is 0. The van der Waals surface area contributed by atoms with E-state index in [-0.39, 0.29) is 5.91 Å². The summed E-state index contributed by atoms with van der Waals surface area (Å²) in [7, 11) is 0. The van der Waals surface area contributed by atoms with Gasteiger partial charge in [0.25, 0.3) is 0 Å². The Bertz CT molecular complexity index is 296. The largest absolute Gasteiger partial charge is 0.391 e. The average Bonchev–Trinajstić information content (AvgIpc) is 2.22. The van der Waals surface area contributed by atoms with Crippen LogP contribution in [0.4, 0.5) is 0 Å². The highest BCUT2D eigenvalue weighted by molar-refractivity contribution is 5.86. The number of carbonyl (C=O) groups is 1. The number of aliphatic hydroxyl groups is 1. The highest BCUT2D eigenvalue weighted by Crippen LogP contribution is 2.33. The Hall–Kier alpha value is -1.35. The molecule has 3 heteroatoms. The molecule has 1 rings (SSSR count). The molecule has 1 aliphatic heterocycles. The van der Waals surface area contributed by atoms with E-state index in [2.05, 4.69) is 18.5 Å². The van der Waals surface area contributed by atoms with Crippen molar-refractivity contribution in [2.24, 2.45) is 5.41 Å².